The summed E-state index contributed by atoms with van der Waals surface area (Å²) in [7, 11) is 1.74. The number of aliphatic hydroxyl groups is 1. The second kappa shape index (κ2) is 7.91. The first-order valence-electron chi connectivity index (χ1n) is 7.31. The smallest absolute Gasteiger partial charge is 0.122 e. The number of fused-ring (bicyclic) bond motifs is 1. The summed E-state index contributed by atoms with van der Waals surface area (Å²) in [6.07, 6.45) is 6.39. The Hall–Kier alpha value is -0.710. The van der Waals surface area contributed by atoms with Crippen LogP contribution in [0.1, 0.15) is 36.4 Å². The number of aliphatic hydroxyl groups excluding tert-OH is 1. The third-order valence-corrected chi connectivity index (χ3v) is 4.70. The van der Waals surface area contributed by atoms with Crippen LogP contribution in [0.3, 0.4) is 0 Å². The fraction of sp³-hybridized carbons (Fsp3) is 0.625. The second-order valence-electron chi connectivity index (χ2n) is 5.30. The van der Waals surface area contributed by atoms with Crippen LogP contribution < -0.4 is 10.1 Å². The minimum absolute atomic E-state index is 0.246. The van der Waals surface area contributed by atoms with Crippen LogP contribution in [0.5, 0.6) is 5.75 Å². The molecule has 0 saturated heterocycles. The third kappa shape index (κ3) is 3.68. The summed E-state index contributed by atoms with van der Waals surface area (Å²) in [5.41, 5.74) is 2.73. The van der Waals surface area contributed by atoms with Gasteiger partial charge in [-0.2, -0.15) is 11.8 Å². The van der Waals surface area contributed by atoms with Crippen LogP contribution in [0.2, 0.25) is 0 Å². The Morgan fingerprint density at radius 3 is 3.05 bits per heavy atom. The van der Waals surface area contributed by atoms with Gasteiger partial charge in [0.25, 0.3) is 0 Å². The van der Waals surface area contributed by atoms with Gasteiger partial charge in [0.05, 0.1) is 7.11 Å². The molecule has 0 radical (unpaired) electrons. The number of nitrogens with one attached hydrogen (secondary N) is 1. The Kier molecular flexibility index (Phi) is 6.20. The van der Waals surface area contributed by atoms with Crippen LogP contribution in [0, 0.1) is 0 Å². The molecule has 0 aliphatic heterocycles. The van der Waals surface area contributed by atoms with E-state index in [-0.39, 0.29) is 6.61 Å². The SMILES string of the molecule is COc1cccc2c1CCC[C@H]2N[C@H](CCO)CSC. The third-order valence-electron chi connectivity index (χ3n) is 3.97. The molecule has 0 saturated carbocycles. The fourth-order valence-electron chi connectivity index (χ4n) is 3.04. The summed E-state index contributed by atoms with van der Waals surface area (Å²) in [6, 6.07) is 7.10. The van der Waals surface area contributed by atoms with Gasteiger partial charge in [-0.25, -0.2) is 0 Å². The Bertz CT molecular complexity index is 419. The standard InChI is InChI=1S/C16H25NO2S/c1-19-16-8-4-5-13-14(16)6-3-7-15(13)17-12(9-10-18)11-20-2/h4-5,8,12,15,17-18H,3,6-7,9-11H2,1-2H3/t12-,15-/m1/s1. The van der Waals surface area contributed by atoms with Crippen molar-refractivity contribution in [2.75, 3.05) is 25.7 Å². The zero-order valence-corrected chi connectivity index (χ0v) is 13.2. The van der Waals surface area contributed by atoms with Gasteiger partial charge in [-0.3, -0.25) is 0 Å². The molecular formula is C16H25NO2S. The predicted molar refractivity (Wildman–Crippen MR) is 85.7 cm³/mol. The molecule has 0 heterocycles. The van der Waals surface area contributed by atoms with Gasteiger partial charge >= 0.3 is 0 Å². The molecule has 1 aliphatic carbocycles. The minimum Gasteiger partial charge on any atom is -0.496 e. The monoisotopic (exact) mass is 295 g/mol. The highest BCUT2D eigenvalue weighted by Crippen LogP contribution is 2.35. The van der Waals surface area contributed by atoms with E-state index >= 15 is 0 Å². The summed E-state index contributed by atoms with van der Waals surface area (Å²) in [4.78, 5) is 0. The molecule has 20 heavy (non-hydrogen) atoms. The number of methoxy groups -OCH3 is 1. The number of ether oxygens (including phenoxy) is 1. The van der Waals surface area contributed by atoms with Crippen molar-refractivity contribution in [3.63, 3.8) is 0 Å². The van der Waals surface area contributed by atoms with Crippen molar-refractivity contribution in [1.82, 2.24) is 5.32 Å². The molecule has 112 valence electrons. The average Bonchev–Trinajstić information content (AvgIpc) is 2.47. The minimum atomic E-state index is 0.246. The molecule has 1 aromatic carbocycles. The fourth-order valence-corrected chi connectivity index (χ4v) is 3.70. The lowest BCUT2D eigenvalue weighted by atomic mass is 9.86. The van der Waals surface area contributed by atoms with E-state index < -0.39 is 0 Å². The topological polar surface area (TPSA) is 41.5 Å². The van der Waals surface area contributed by atoms with Crippen LogP contribution in [0.4, 0.5) is 0 Å². The molecule has 0 amide bonds. The molecule has 4 heteroatoms. The van der Waals surface area contributed by atoms with Gasteiger partial charge in [0.2, 0.25) is 0 Å². The van der Waals surface area contributed by atoms with Gasteiger partial charge in [0, 0.05) is 24.4 Å². The van der Waals surface area contributed by atoms with Crippen molar-refractivity contribution in [1.29, 1.82) is 0 Å². The van der Waals surface area contributed by atoms with Crippen LogP contribution in [0.15, 0.2) is 18.2 Å². The maximum Gasteiger partial charge on any atom is 0.122 e. The van der Waals surface area contributed by atoms with Gasteiger partial charge in [-0.15, -0.1) is 0 Å². The molecule has 0 fully saturated rings. The van der Waals surface area contributed by atoms with Crippen molar-refractivity contribution < 1.29 is 9.84 Å². The van der Waals surface area contributed by atoms with E-state index in [1.54, 1.807) is 7.11 Å². The van der Waals surface area contributed by atoms with Crippen molar-refractivity contribution in [3.8, 4) is 5.75 Å². The van der Waals surface area contributed by atoms with Gasteiger partial charge in [0.15, 0.2) is 0 Å². The van der Waals surface area contributed by atoms with Gasteiger partial charge in [-0.05, 0) is 49.1 Å². The molecule has 2 rings (SSSR count). The highest BCUT2D eigenvalue weighted by Gasteiger charge is 2.24. The van der Waals surface area contributed by atoms with Crippen LogP contribution in [-0.2, 0) is 6.42 Å². The van der Waals surface area contributed by atoms with E-state index in [4.69, 9.17) is 4.74 Å². The summed E-state index contributed by atoms with van der Waals surface area (Å²) >= 11 is 1.83. The first-order valence-corrected chi connectivity index (χ1v) is 8.71. The predicted octanol–water partition coefficient (Wildman–Crippen LogP) is 2.78. The van der Waals surface area contributed by atoms with E-state index in [9.17, 15) is 5.11 Å². The lowest BCUT2D eigenvalue weighted by Crippen LogP contribution is -2.37. The first-order chi connectivity index (χ1) is 9.80. The van der Waals surface area contributed by atoms with E-state index in [1.807, 2.05) is 17.8 Å². The lowest BCUT2D eigenvalue weighted by molar-refractivity contribution is 0.261. The number of thioether (sulfide) groups is 1. The van der Waals surface area contributed by atoms with Gasteiger partial charge in [0.1, 0.15) is 5.75 Å². The van der Waals surface area contributed by atoms with E-state index in [2.05, 4.69) is 23.7 Å². The molecule has 2 N–H and O–H groups in total. The van der Waals surface area contributed by atoms with Crippen molar-refractivity contribution in [2.45, 2.75) is 37.8 Å². The molecule has 2 atom stereocenters. The van der Waals surface area contributed by atoms with E-state index in [1.165, 1.54) is 17.5 Å². The molecular weight excluding hydrogens is 270 g/mol. The average molecular weight is 295 g/mol. The van der Waals surface area contributed by atoms with Crippen molar-refractivity contribution in [2.24, 2.45) is 0 Å². The van der Waals surface area contributed by atoms with Crippen LogP contribution in [0.25, 0.3) is 0 Å². The van der Waals surface area contributed by atoms with Crippen LogP contribution in [-0.4, -0.2) is 36.9 Å². The summed E-state index contributed by atoms with van der Waals surface area (Å²) in [5, 5.41) is 12.9. The van der Waals surface area contributed by atoms with E-state index in [0.29, 0.717) is 12.1 Å². The van der Waals surface area contributed by atoms with E-state index in [0.717, 1.165) is 30.8 Å². The zero-order chi connectivity index (χ0) is 14.4. The Morgan fingerprint density at radius 1 is 1.50 bits per heavy atom. The lowest BCUT2D eigenvalue weighted by Gasteiger charge is -2.31. The first kappa shape index (κ1) is 15.7. The second-order valence-corrected chi connectivity index (χ2v) is 6.21. The van der Waals surface area contributed by atoms with Crippen molar-refractivity contribution in [3.05, 3.63) is 29.3 Å². The summed E-state index contributed by atoms with van der Waals surface area (Å²) in [6.45, 7) is 0.246. The molecule has 0 bridgehead atoms. The van der Waals surface area contributed by atoms with Crippen LogP contribution >= 0.6 is 11.8 Å². The quantitative estimate of drug-likeness (QED) is 0.811. The summed E-state index contributed by atoms with van der Waals surface area (Å²) < 4.78 is 5.49. The number of hydrogen-bond acceptors (Lipinski definition) is 4. The number of rotatable bonds is 7. The highest BCUT2D eigenvalue weighted by atomic mass is 32.2. The summed E-state index contributed by atoms with van der Waals surface area (Å²) in [5.74, 6) is 2.05. The molecule has 0 aromatic heterocycles. The molecule has 1 aromatic rings. The molecule has 1 aliphatic rings. The Morgan fingerprint density at radius 2 is 2.35 bits per heavy atom. The Labute approximate surface area is 126 Å². The Balaban J connectivity index is 2.15. The van der Waals surface area contributed by atoms with Gasteiger partial charge < -0.3 is 15.2 Å². The molecule has 0 spiro atoms. The normalized spacial score (nSPS) is 19.4. The maximum atomic E-state index is 9.20. The van der Waals surface area contributed by atoms with Gasteiger partial charge in [-0.1, -0.05) is 12.1 Å². The maximum absolute atomic E-state index is 9.20. The molecule has 3 nitrogen and oxygen atoms in total. The largest absolute Gasteiger partial charge is 0.496 e. The highest BCUT2D eigenvalue weighted by molar-refractivity contribution is 7.98. The zero-order valence-electron chi connectivity index (χ0n) is 12.4. The number of hydrogen-bond donors (Lipinski definition) is 2. The molecule has 0 unspecified atom stereocenters. The van der Waals surface area contributed by atoms with Crippen molar-refractivity contribution >= 4 is 11.8 Å². The number of benzene rings is 1.